The van der Waals surface area contributed by atoms with E-state index < -0.39 is 0 Å². The lowest BCUT2D eigenvalue weighted by atomic mass is 10.2. The predicted octanol–water partition coefficient (Wildman–Crippen LogP) is 3.38. The maximum atomic E-state index is 13.2. The Morgan fingerprint density at radius 3 is 2.89 bits per heavy atom. The standard InChI is InChI=1S/C20H18N6OS/c1-12-8-9-21-17(10-12)26-19(27)14-4-2-3-5-15(14)22-20(26)28-11-16-23-18(25-24-16)13-6-7-13/h2-5,8-10,13H,6-7,11H2,1H3,(H,23,24,25). The molecule has 1 aliphatic carbocycles. The van der Waals surface area contributed by atoms with Gasteiger partial charge in [-0.25, -0.2) is 19.5 Å². The molecule has 140 valence electrons. The second-order valence-corrected chi connectivity index (χ2v) is 7.89. The summed E-state index contributed by atoms with van der Waals surface area (Å²) in [6.07, 6.45) is 4.03. The van der Waals surface area contributed by atoms with Crippen molar-refractivity contribution in [3.63, 3.8) is 0 Å². The van der Waals surface area contributed by atoms with Gasteiger partial charge in [0.2, 0.25) is 0 Å². The van der Waals surface area contributed by atoms with Gasteiger partial charge in [0.15, 0.2) is 11.0 Å². The van der Waals surface area contributed by atoms with E-state index >= 15 is 0 Å². The van der Waals surface area contributed by atoms with Crippen molar-refractivity contribution in [2.24, 2.45) is 0 Å². The van der Waals surface area contributed by atoms with Gasteiger partial charge in [-0.1, -0.05) is 23.9 Å². The van der Waals surface area contributed by atoms with Gasteiger partial charge < -0.3 is 0 Å². The summed E-state index contributed by atoms with van der Waals surface area (Å²) in [6, 6.07) is 11.2. The Morgan fingerprint density at radius 2 is 2.07 bits per heavy atom. The maximum Gasteiger partial charge on any atom is 0.267 e. The first-order valence-electron chi connectivity index (χ1n) is 9.18. The van der Waals surface area contributed by atoms with Crippen LogP contribution < -0.4 is 5.56 Å². The molecule has 0 bridgehead atoms. The quantitative estimate of drug-likeness (QED) is 0.415. The van der Waals surface area contributed by atoms with Crippen LogP contribution in [0.1, 0.15) is 36.0 Å². The normalized spacial score (nSPS) is 13.9. The van der Waals surface area contributed by atoms with Crippen molar-refractivity contribution in [2.75, 3.05) is 0 Å². The first-order chi connectivity index (χ1) is 13.7. The molecule has 1 N–H and O–H groups in total. The first kappa shape index (κ1) is 17.1. The SMILES string of the molecule is Cc1ccnc(-n2c(SCc3nc(C4CC4)n[nH]3)nc3ccccc3c2=O)c1. The average Bonchev–Trinajstić information content (AvgIpc) is 3.45. The smallest absolute Gasteiger partial charge is 0.267 e. The molecule has 0 saturated heterocycles. The summed E-state index contributed by atoms with van der Waals surface area (Å²) in [6.45, 7) is 1.98. The molecular formula is C20H18N6OS. The van der Waals surface area contributed by atoms with Crippen LogP contribution in [0.15, 0.2) is 52.5 Å². The summed E-state index contributed by atoms with van der Waals surface area (Å²) in [5.41, 5.74) is 1.59. The van der Waals surface area contributed by atoms with Crippen LogP contribution in [0.3, 0.4) is 0 Å². The molecule has 8 heteroatoms. The minimum Gasteiger partial charge on any atom is -0.268 e. The highest BCUT2D eigenvalue weighted by molar-refractivity contribution is 7.98. The number of aromatic amines is 1. The van der Waals surface area contributed by atoms with Gasteiger partial charge in [-0.3, -0.25) is 9.89 Å². The fourth-order valence-corrected chi connectivity index (χ4v) is 3.95. The number of para-hydroxylation sites is 1. The van der Waals surface area contributed by atoms with Gasteiger partial charge in [0.25, 0.3) is 5.56 Å². The third-order valence-electron chi connectivity index (χ3n) is 4.70. The van der Waals surface area contributed by atoms with E-state index in [1.807, 2.05) is 37.3 Å². The summed E-state index contributed by atoms with van der Waals surface area (Å²) < 4.78 is 1.58. The molecule has 0 unspecified atom stereocenters. The third-order valence-corrected chi connectivity index (χ3v) is 5.65. The number of hydrogen-bond acceptors (Lipinski definition) is 6. The van der Waals surface area contributed by atoms with Gasteiger partial charge in [0.05, 0.1) is 16.7 Å². The molecule has 0 spiro atoms. The molecule has 1 saturated carbocycles. The van der Waals surface area contributed by atoms with Crippen molar-refractivity contribution in [2.45, 2.75) is 36.6 Å². The Hall–Kier alpha value is -3.00. The Morgan fingerprint density at radius 1 is 1.21 bits per heavy atom. The lowest BCUT2D eigenvalue weighted by Crippen LogP contribution is -2.22. The monoisotopic (exact) mass is 390 g/mol. The summed E-state index contributed by atoms with van der Waals surface area (Å²) in [4.78, 5) is 26.9. The number of nitrogens with zero attached hydrogens (tertiary/aromatic N) is 5. The highest BCUT2D eigenvalue weighted by Crippen LogP contribution is 2.38. The van der Waals surface area contributed by atoms with Crippen molar-refractivity contribution >= 4 is 22.7 Å². The number of pyridine rings is 1. The molecule has 1 fully saturated rings. The summed E-state index contributed by atoms with van der Waals surface area (Å²) in [5, 5.41) is 8.47. The number of aryl methyl sites for hydroxylation is 1. The molecule has 0 aliphatic heterocycles. The number of H-pyrrole nitrogens is 1. The Kier molecular flexibility index (Phi) is 4.20. The van der Waals surface area contributed by atoms with Crippen LogP contribution in [0, 0.1) is 6.92 Å². The van der Waals surface area contributed by atoms with E-state index in [9.17, 15) is 4.79 Å². The van der Waals surface area contributed by atoms with E-state index in [2.05, 4.69) is 20.2 Å². The zero-order chi connectivity index (χ0) is 19.1. The number of aromatic nitrogens is 6. The first-order valence-corrected chi connectivity index (χ1v) is 10.2. The molecule has 28 heavy (non-hydrogen) atoms. The Balaban J connectivity index is 1.57. The summed E-state index contributed by atoms with van der Waals surface area (Å²) in [5.74, 6) is 3.30. The van der Waals surface area contributed by atoms with E-state index in [1.54, 1.807) is 16.8 Å². The third kappa shape index (κ3) is 3.20. The number of benzene rings is 1. The van der Waals surface area contributed by atoms with Crippen LogP contribution in [-0.4, -0.2) is 29.7 Å². The maximum absolute atomic E-state index is 13.2. The molecule has 5 rings (SSSR count). The van der Waals surface area contributed by atoms with Crippen molar-refractivity contribution in [3.8, 4) is 5.82 Å². The fourth-order valence-electron chi connectivity index (χ4n) is 3.09. The van der Waals surface area contributed by atoms with E-state index in [4.69, 9.17) is 4.98 Å². The molecule has 3 heterocycles. The number of nitrogens with one attached hydrogen (secondary N) is 1. The Labute approximate surface area is 165 Å². The van der Waals surface area contributed by atoms with E-state index in [0.717, 1.165) is 30.1 Å². The van der Waals surface area contributed by atoms with Crippen LogP contribution >= 0.6 is 11.8 Å². The van der Waals surface area contributed by atoms with Gasteiger partial charge in [-0.15, -0.1) is 0 Å². The van der Waals surface area contributed by atoms with Crippen LogP contribution in [0.5, 0.6) is 0 Å². The molecule has 1 aromatic carbocycles. The summed E-state index contributed by atoms with van der Waals surface area (Å²) >= 11 is 1.45. The molecule has 0 amide bonds. The summed E-state index contributed by atoms with van der Waals surface area (Å²) in [7, 11) is 0. The molecule has 3 aromatic heterocycles. The molecule has 1 aliphatic rings. The number of fused-ring (bicyclic) bond motifs is 1. The second-order valence-electron chi connectivity index (χ2n) is 6.95. The molecule has 7 nitrogen and oxygen atoms in total. The lowest BCUT2D eigenvalue weighted by Gasteiger charge is -2.12. The predicted molar refractivity (Wildman–Crippen MR) is 108 cm³/mol. The number of thioether (sulfide) groups is 1. The minimum absolute atomic E-state index is 0.123. The van der Waals surface area contributed by atoms with Crippen molar-refractivity contribution in [1.29, 1.82) is 0 Å². The van der Waals surface area contributed by atoms with Gasteiger partial charge in [0.1, 0.15) is 11.6 Å². The molecular weight excluding hydrogens is 372 g/mol. The van der Waals surface area contributed by atoms with Crippen molar-refractivity contribution in [3.05, 3.63) is 70.2 Å². The second kappa shape index (κ2) is 6.87. The van der Waals surface area contributed by atoms with E-state index in [-0.39, 0.29) is 5.56 Å². The van der Waals surface area contributed by atoms with Crippen LogP contribution in [0.25, 0.3) is 16.7 Å². The highest BCUT2D eigenvalue weighted by Gasteiger charge is 2.27. The van der Waals surface area contributed by atoms with E-state index in [0.29, 0.717) is 33.5 Å². The topological polar surface area (TPSA) is 89.3 Å². The Bertz CT molecular complexity index is 1230. The van der Waals surface area contributed by atoms with Gasteiger partial charge >= 0.3 is 0 Å². The van der Waals surface area contributed by atoms with Crippen LogP contribution in [-0.2, 0) is 5.75 Å². The minimum atomic E-state index is -0.123. The van der Waals surface area contributed by atoms with Crippen molar-refractivity contribution < 1.29 is 0 Å². The van der Waals surface area contributed by atoms with E-state index in [1.165, 1.54) is 11.8 Å². The van der Waals surface area contributed by atoms with Crippen molar-refractivity contribution in [1.82, 2.24) is 29.7 Å². The van der Waals surface area contributed by atoms with Crippen LogP contribution in [0.4, 0.5) is 0 Å². The van der Waals surface area contributed by atoms with Gasteiger partial charge in [-0.2, -0.15) is 5.10 Å². The zero-order valence-corrected chi connectivity index (χ0v) is 16.1. The average molecular weight is 390 g/mol. The number of rotatable bonds is 5. The fraction of sp³-hybridized carbons (Fsp3) is 0.250. The molecule has 0 radical (unpaired) electrons. The largest absolute Gasteiger partial charge is 0.268 e. The van der Waals surface area contributed by atoms with Crippen LogP contribution in [0.2, 0.25) is 0 Å². The van der Waals surface area contributed by atoms with Gasteiger partial charge in [0, 0.05) is 12.1 Å². The number of hydrogen-bond donors (Lipinski definition) is 1. The molecule has 0 atom stereocenters. The van der Waals surface area contributed by atoms with Gasteiger partial charge in [-0.05, 0) is 49.6 Å². The highest BCUT2D eigenvalue weighted by atomic mass is 32.2. The zero-order valence-electron chi connectivity index (χ0n) is 15.3. The molecule has 4 aromatic rings. The lowest BCUT2D eigenvalue weighted by molar-refractivity contribution is 0.793.